The number of aryl methyl sites for hydroxylation is 1. The van der Waals surface area contributed by atoms with E-state index in [0.717, 1.165) is 27.5 Å². The van der Waals surface area contributed by atoms with Crippen LogP contribution in [-0.2, 0) is 21.2 Å². The summed E-state index contributed by atoms with van der Waals surface area (Å²) in [5, 5.41) is 8.70. The van der Waals surface area contributed by atoms with Crippen molar-refractivity contribution in [3.05, 3.63) is 89.3 Å². The van der Waals surface area contributed by atoms with Crippen LogP contribution in [0.4, 0.5) is 10.8 Å². The van der Waals surface area contributed by atoms with Crippen molar-refractivity contribution in [2.24, 2.45) is 0 Å². The molecule has 0 saturated carbocycles. The van der Waals surface area contributed by atoms with Crippen molar-refractivity contribution in [3.8, 4) is 17.0 Å². The molecule has 38 heavy (non-hydrogen) atoms. The number of amides is 1. The highest BCUT2D eigenvalue weighted by Crippen LogP contribution is 2.32. The van der Waals surface area contributed by atoms with Gasteiger partial charge in [0.2, 0.25) is 15.9 Å². The Bertz CT molecular complexity index is 1490. The fourth-order valence-electron chi connectivity index (χ4n) is 3.90. The lowest BCUT2D eigenvalue weighted by Gasteiger charge is -2.15. The van der Waals surface area contributed by atoms with Crippen LogP contribution >= 0.6 is 11.3 Å². The van der Waals surface area contributed by atoms with Crippen LogP contribution in [0, 0.1) is 0 Å². The van der Waals surface area contributed by atoms with Gasteiger partial charge in [0.15, 0.2) is 5.13 Å². The molecule has 0 aliphatic rings. The number of carbonyl (C=O) groups is 1. The van der Waals surface area contributed by atoms with Crippen LogP contribution in [0.5, 0.6) is 5.75 Å². The second kappa shape index (κ2) is 12.2. The Morgan fingerprint density at radius 3 is 2.45 bits per heavy atom. The van der Waals surface area contributed by atoms with Gasteiger partial charge in [-0.25, -0.2) is 18.1 Å². The molecule has 1 aromatic heterocycles. The van der Waals surface area contributed by atoms with Crippen molar-refractivity contribution in [1.29, 1.82) is 0 Å². The van der Waals surface area contributed by atoms with E-state index in [-0.39, 0.29) is 23.3 Å². The highest BCUT2D eigenvalue weighted by molar-refractivity contribution is 7.89. The van der Waals surface area contributed by atoms with Gasteiger partial charge in [0.25, 0.3) is 0 Å². The van der Waals surface area contributed by atoms with Crippen molar-refractivity contribution >= 4 is 38.1 Å². The number of methoxy groups -OCH3 is 1. The molecule has 0 unspecified atom stereocenters. The number of rotatable bonds is 11. The molecule has 4 aromatic rings. The maximum atomic E-state index is 12.8. The normalized spacial score (nSPS) is 12.1. The first-order valence-corrected chi connectivity index (χ1v) is 14.4. The third-order valence-electron chi connectivity index (χ3n) is 5.99. The van der Waals surface area contributed by atoms with Gasteiger partial charge in [-0.15, -0.1) is 11.3 Å². The fraction of sp³-hybridized carbons (Fsp3) is 0.214. The molecule has 0 aliphatic heterocycles. The minimum Gasteiger partial charge on any atom is -0.495 e. The Hall–Kier alpha value is -3.73. The van der Waals surface area contributed by atoms with Crippen LogP contribution in [0.2, 0.25) is 0 Å². The lowest BCUT2D eigenvalue weighted by molar-refractivity contribution is -0.116. The molecule has 0 saturated heterocycles. The SMILES string of the molecule is CNc1nc(-c2ccc(OC)c(NC(=O)CCc3ccc(S(=O)(=O)N[C@H](C)c4ccccc4)cc3)c2)cs1. The number of sulfonamides is 1. The average molecular weight is 551 g/mol. The largest absolute Gasteiger partial charge is 0.495 e. The minimum atomic E-state index is -3.68. The molecule has 198 valence electrons. The van der Waals surface area contributed by atoms with Crippen LogP contribution < -0.4 is 20.1 Å². The molecule has 0 radical (unpaired) electrons. The maximum absolute atomic E-state index is 12.8. The number of nitrogens with zero attached hydrogens (tertiary/aromatic N) is 1. The molecule has 3 aromatic carbocycles. The van der Waals surface area contributed by atoms with Gasteiger partial charge >= 0.3 is 0 Å². The number of carbonyl (C=O) groups excluding carboxylic acids is 1. The van der Waals surface area contributed by atoms with Crippen LogP contribution in [0.15, 0.2) is 83.1 Å². The molecular formula is C28H30N4O4S2. The van der Waals surface area contributed by atoms with Crippen molar-refractivity contribution in [1.82, 2.24) is 9.71 Å². The van der Waals surface area contributed by atoms with Gasteiger partial charge in [0.1, 0.15) is 5.75 Å². The second-order valence-electron chi connectivity index (χ2n) is 8.65. The van der Waals surface area contributed by atoms with Crippen molar-refractivity contribution in [3.63, 3.8) is 0 Å². The monoisotopic (exact) mass is 550 g/mol. The van der Waals surface area contributed by atoms with Crippen molar-refractivity contribution in [2.45, 2.75) is 30.7 Å². The summed E-state index contributed by atoms with van der Waals surface area (Å²) in [4.78, 5) is 17.4. The summed E-state index contributed by atoms with van der Waals surface area (Å²) in [6, 6.07) is 21.2. The smallest absolute Gasteiger partial charge is 0.241 e. The molecule has 0 bridgehead atoms. The van der Waals surface area contributed by atoms with E-state index in [2.05, 4.69) is 20.3 Å². The first kappa shape index (κ1) is 27.3. The zero-order valence-electron chi connectivity index (χ0n) is 21.4. The van der Waals surface area contributed by atoms with Gasteiger partial charge in [-0.05, 0) is 54.8 Å². The van der Waals surface area contributed by atoms with Crippen LogP contribution in [0.25, 0.3) is 11.3 Å². The molecule has 8 nitrogen and oxygen atoms in total. The zero-order valence-corrected chi connectivity index (χ0v) is 23.0. The standard InChI is InChI=1S/C28H30N4O4S2/c1-19(21-7-5-4-6-8-21)32-38(34,35)23-13-9-20(10-14-23)11-16-27(33)30-24-17-22(12-15-26(24)36-3)25-18-37-28(29-2)31-25/h4-10,12-15,17-19,32H,11,16H2,1-3H3,(H,29,31)(H,30,33)/t19-/m1/s1. The number of thiazole rings is 1. The van der Waals surface area contributed by atoms with Gasteiger partial charge < -0.3 is 15.4 Å². The van der Waals surface area contributed by atoms with E-state index in [9.17, 15) is 13.2 Å². The molecule has 3 N–H and O–H groups in total. The first-order chi connectivity index (χ1) is 18.3. The average Bonchev–Trinajstić information content (AvgIpc) is 3.42. The van der Waals surface area contributed by atoms with Crippen LogP contribution in [0.1, 0.15) is 30.5 Å². The number of ether oxygens (including phenoxy) is 1. The van der Waals surface area contributed by atoms with E-state index in [0.29, 0.717) is 17.9 Å². The molecule has 1 amide bonds. The lowest BCUT2D eigenvalue weighted by atomic mass is 10.1. The molecule has 0 fully saturated rings. The number of hydrogen-bond acceptors (Lipinski definition) is 7. The van der Waals surface area contributed by atoms with E-state index in [1.54, 1.807) is 44.4 Å². The van der Waals surface area contributed by atoms with E-state index in [1.807, 2.05) is 54.9 Å². The minimum absolute atomic E-state index is 0.176. The summed E-state index contributed by atoms with van der Waals surface area (Å²) in [6.07, 6.45) is 0.684. The number of benzene rings is 3. The lowest BCUT2D eigenvalue weighted by Crippen LogP contribution is -2.26. The third-order valence-corrected chi connectivity index (χ3v) is 8.41. The maximum Gasteiger partial charge on any atom is 0.241 e. The third kappa shape index (κ3) is 6.77. The summed E-state index contributed by atoms with van der Waals surface area (Å²) in [6.45, 7) is 1.81. The number of aromatic nitrogens is 1. The van der Waals surface area contributed by atoms with E-state index >= 15 is 0 Å². The highest BCUT2D eigenvalue weighted by Gasteiger charge is 2.18. The van der Waals surface area contributed by atoms with Gasteiger partial charge in [-0.2, -0.15) is 0 Å². The number of anilines is 2. The van der Waals surface area contributed by atoms with Gasteiger partial charge in [-0.3, -0.25) is 4.79 Å². The quantitative estimate of drug-likeness (QED) is 0.228. The van der Waals surface area contributed by atoms with Gasteiger partial charge in [-0.1, -0.05) is 42.5 Å². The molecular weight excluding hydrogens is 520 g/mol. The fourth-order valence-corrected chi connectivity index (χ4v) is 5.82. The Balaban J connectivity index is 1.37. The molecule has 1 atom stereocenters. The van der Waals surface area contributed by atoms with Gasteiger partial charge in [0.05, 0.1) is 23.4 Å². The number of nitrogens with one attached hydrogen (secondary N) is 3. The van der Waals surface area contributed by atoms with Crippen molar-refractivity contribution < 1.29 is 17.9 Å². The van der Waals surface area contributed by atoms with Crippen LogP contribution in [-0.4, -0.2) is 33.5 Å². The topological polar surface area (TPSA) is 109 Å². The molecule has 10 heteroatoms. The molecule has 0 spiro atoms. The highest BCUT2D eigenvalue weighted by atomic mass is 32.2. The summed E-state index contributed by atoms with van der Waals surface area (Å²) < 4.78 is 33.7. The Labute approximate surface area is 227 Å². The molecule has 1 heterocycles. The Kier molecular flexibility index (Phi) is 8.77. The van der Waals surface area contributed by atoms with E-state index in [4.69, 9.17) is 4.74 Å². The summed E-state index contributed by atoms with van der Waals surface area (Å²) in [7, 11) is -0.312. The summed E-state index contributed by atoms with van der Waals surface area (Å²) in [5.74, 6) is 0.377. The summed E-state index contributed by atoms with van der Waals surface area (Å²) in [5.41, 5.74) is 3.98. The summed E-state index contributed by atoms with van der Waals surface area (Å²) >= 11 is 1.50. The number of hydrogen-bond donors (Lipinski definition) is 3. The van der Waals surface area contributed by atoms with E-state index in [1.165, 1.54) is 11.3 Å². The van der Waals surface area contributed by atoms with Gasteiger partial charge in [0, 0.05) is 30.5 Å². The Morgan fingerprint density at radius 2 is 1.79 bits per heavy atom. The van der Waals surface area contributed by atoms with E-state index < -0.39 is 10.0 Å². The van der Waals surface area contributed by atoms with Crippen LogP contribution in [0.3, 0.4) is 0 Å². The Morgan fingerprint density at radius 1 is 1.05 bits per heavy atom. The first-order valence-electron chi connectivity index (χ1n) is 12.1. The van der Waals surface area contributed by atoms with Crippen molar-refractivity contribution in [2.75, 3.05) is 24.8 Å². The predicted octanol–water partition coefficient (Wildman–Crippen LogP) is 5.47. The zero-order chi connectivity index (χ0) is 27.1. The second-order valence-corrected chi connectivity index (χ2v) is 11.2. The predicted molar refractivity (Wildman–Crippen MR) is 152 cm³/mol. The molecule has 0 aliphatic carbocycles. The molecule has 4 rings (SSSR count).